The van der Waals surface area contributed by atoms with Gasteiger partial charge in [-0.15, -0.1) is 0 Å². The number of nitrogen functional groups attached to an aromatic ring is 1. The Morgan fingerprint density at radius 1 is 1.50 bits per heavy atom. The second-order valence-electron chi connectivity index (χ2n) is 3.94. The van der Waals surface area contributed by atoms with Gasteiger partial charge in [0.15, 0.2) is 11.5 Å². The first-order chi connectivity index (χ1) is 8.61. The van der Waals surface area contributed by atoms with Crippen molar-refractivity contribution in [2.45, 2.75) is 13.8 Å². The summed E-state index contributed by atoms with van der Waals surface area (Å²) < 4.78 is 4.89. The Labute approximate surface area is 105 Å². The van der Waals surface area contributed by atoms with E-state index < -0.39 is 5.97 Å². The molecule has 0 unspecified atom stereocenters. The van der Waals surface area contributed by atoms with Gasteiger partial charge in [-0.1, -0.05) is 23.8 Å². The molecular formula is C13H15N3O2. The summed E-state index contributed by atoms with van der Waals surface area (Å²) in [6, 6.07) is 7.78. The highest BCUT2D eigenvalue weighted by atomic mass is 16.5. The van der Waals surface area contributed by atoms with Gasteiger partial charge < -0.3 is 15.5 Å². The van der Waals surface area contributed by atoms with Crippen molar-refractivity contribution >= 4 is 11.8 Å². The monoisotopic (exact) mass is 245 g/mol. The van der Waals surface area contributed by atoms with Crippen LogP contribution in [0.1, 0.15) is 23.0 Å². The smallest absolute Gasteiger partial charge is 0.358 e. The minimum atomic E-state index is -0.485. The fourth-order valence-electron chi connectivity index (χ4n) is 1.67. The number of H-pyrrole nitrogens is 1. The van der Waals surface area contributed by atoms with Gasteiger partial charge in [-0.25, -0.2) is 9.78 Å². The normalized spacial score (nSPS) is 10.3. The van der Waals surface area contributed by atoms with Crippen molar-refractivity contribution < 1.29 is 9.53 Å². The van der Waals surface area contributed by atoms with Crippen LogP contribution in [0.3, 0.4) is 0 Å². The van der Waals surface area contributed by atoms with E-state index in [9.17, 15) is 4.79 Å². The van der Waals surface area contributed by atoms with E-state index in [2.05, 4.69) is 9.97 Å². The maximum absolute atomic E-state index is 11.6. The Morgan fingerprint density at radius 3 is 2.94 bits per heavy atom. The highest BCUT2D eigenvalue weighted by Gasteiger charge is 2.16. The number of carbonyl (C=O) groups excluding carboxylic acids is 1. The molecule has 2 rings (SSSR count). The zero-order chi connectivity index (χ0) is 13.1. The van der Waals surface area contributed by atoms with Crippen LogP contribution in [0.2, 0.25) is 0 Å². The lowest BCUT2D eigenvalue weighted by molar-refractivity contribution is 0.0521. The Hall–Kier alpha value is -2.30. The Kier molecular flexibility index (Phi) is 3.32. The van der Waals surface area contributed by atoms with E-state index in [4.69, 9.17) is 10.5 Å². The molecule has 94 valence electrons. The Bertz CT molecular complexity index is 575. The van der Waals surface area contributed by atoms with E-state index in [1.54, 1.807) is 6.92 Å². The lowest BCUT2D eigenvalue weighted by Gasteiger charge is -1.99. The number of esters is 1. The van der Waals surface area contributed by atoms with Crippen LogP contribution in [0.4, 0.5) is 5.82 Å². The molecule has 0 atom stereocenters. The highest BCUT2D eigenvalue weighted by molar-refractivity contribution is 5.93. The summed E-state index contributed by atoms with van der Waals surface area (Å²) in [5.74, 6) is 0.241. The molecule has 1 aromatic carbocycles. The number of hydrogen-bond acceptors (Lipinski definition) is 4. The number of aromatic amines is 1. The topological polar surface area (TPSA) is 81.0 Å². The molecule has 18 heavy (non-hydrogen) atoms. The largest absolute Gasteiger partial charge is 0.461 e. The molecular weight excluding hydrogens is 230 g/mol. The molecule has 0 amide bonds. The van der Waals surface area contributed by atoms with Gasteiger partial charge in [-0.05, 0) is 19.9 Å². The standard InChI is InChI=1S/C13H15N3O2/c1-3-18-13(17)10-11(14)16-12(15-10)9-6-4-5-8(2)7-9/h4-7H,3,14H2,1-2H3,(H,15,16). The average molecular weight is 245 g/mol. The number of rotatable bonds is 3. The number of imidazole rings is 1. The molecule has 0 aliphatic heterocycles. The van der Waals surface area contributed by atoms with Crippen LogP contribution in [0.5, 0.6) is 0 Å². The number of nitrogens with two attached hydrogens (primary N) is 1. The summed E-state index contributed by atoms with van der Waals surface area (Å²) >= 11 is 0. The van der Waals surface area contributed by atoms with Gasteiger partial charge in [0.2, 0.25) is 0 Å². The molecule has 5 heteroatoms. The SMILES string of the molecule is CCOC(=O)c1[nH]c(-c2cccc(C)c2)nc1N. The third-order valence-corrected chi connectivity index (χ3v) is 2.50. The third-order valence-electron chi connectivity index (χ3n) is 2.50. The summed E-state index contributed by atoms with van der Waals surface area (Å²) in [5, 5.41) is 0. The minimum Gasteiger partial charge on any atom is -0.461 e. The molecule has 0 saturated heterocycles. The molecule has 0 aliphatic carbocycles. The maximum Gasteiger partial charge on any atom is 0.358 e. The zero-order valence-corrected chi connectivity index (χ0v) is 10.4. The second-order valence-corrected chi connectivity index (χ2v) is 3.94. The first-order valence-corrected chi connectivity index (χ1v) is 5.71. The van der Waals surface area contributed by atoms with Gasteiger partial charge in [0.25, 0.3) is 0 Å². The molecule has 5 nitrogen and oxygen atoms in total. The Morgan fingerprint density at radius 2 is 2.28 bits per heavy atom. The fraction of sp³-hybridized carbons (Fsp3) is 0.231. The molecule has 3 N–H and O–H groups in total. The number of aryl methyl sites for hydroxylation is 1. The van der Waals surface area contributed by atoms with Gasteiger partial charge in [0, 0.05) is 5.56 Å². The first-order valence-electron chi connectivity index (χ1n) is 5.71. The van der Waals surface area contributed by atoms with Crippen LogP contribution in [0, 0.1) is 6.92 Å². The minimum absolute atomic E-state index is 0.157. The van der Waals surface area contributed by atoms with Crippen molar-refractivity contribution in [3.05, 3.63) is 35.5 Å². The van der Waals surface area contributed by atoms with Crippen LogP contribution in [-0.2, 0) is 4.74 Å². The van der Waals surface area contributed by atoms with Gasteiger partial charge >= 0.3 is 5.97 Å². The van der Waals surface area contributed by atoms with E-state index in [0.717, 1.165) is 11.1 Å². The maximum atomic E-state index is 11.6. The van der Waals surface area contributed by atoms with E-state index in [1.165, 1.54) is 0 Å². The fourth-order valence-corrected chi connectivity index (χ4v) is 1.67. The van der Waals surface area contributed by atoms with Crippen LogP contribution >= 0.6 is 0 Å². The van der Waals surface area contributed by atoms with Crippen LogP contribution in [-0.4, -0.2) is 22.5 Å². The van der Waals surface area contributed by atoms with Crippen molar-refractivity contribution in [3.8, 4) is 11.4 Å². The van der Waals surface area contributed by atoms with Gasteiger partial charge in [-0.2, -0.15) is 0 Å². The first kappa shape index (κ1) is 12.2. The Balaban J connectivity index is 2.37. The van der Waals surface area contributed by atoms with Crippen molar-refractivity contribution in [3.63, 3.8) is 0 Å². The van der Waals surface area contributed by atoms with Crippen LogP contribution in [0.25, 0.3) is 11.4 Å². The van der Waals surface area contributed by atoms with Crippen molar-refractivity contribution in [1.82, 2.24) is 9.97 Å². The number of ether oxygens (including phenoxy) is 1. The van der Waals surface area contributed by atoms with Crippen molar-refractivity contribution in [2.24, 2.45) is 0 Å². The van der Waals surface area contributed by atoms with E-state index in [1.807, 2.05) is 31.2 Å². The van der Waals surface area contributed by atoms with Crippen LogP contribution < -0.4 is 5.73 Å². The molecule has 0 bridgehead atoms. The highest BCUT2D eigenvalue weighted by Crippen LogP contribution is 2.20. The van der Waals surface area contributed by atoms with Crippen LogP contribution in [0.15, 0.2) is 24.3 Å². The van der Waals surface area contributed by atoms with E-state index in [0.29, 0.717) is 12.4 Å². The predicted octanol–water partition coefficient (Wildman–Crippen LogP) is 2.14. The molecule has 0 saturated carbocycles. The average Bonchev–Trinajstić information content (AvgIpc) is 2.72. The molecule has 2 aromatic rings. The summed E-state index contributed by atoms with van der Waals surface area (Å²) in [5.41, 5.74) is 7.90. The number of nitrogens with zero attached hydrogens (tertiary/aromatic N) is 1. The lowest BCUT2D eigenvalue weighted by atomic mass is 10.1. The second kappa shape index (κ2) is 4.91. The quantitative estimate of drug-likeness (QED) is 0.812. The summed E-state index contributed by atoms with van der Waals surface area (Å²) in [4.78, 5) is 18.6. The van der Waals surface area contributed by atoms with E-state index >= 15 is 0 Å². The van der Waals surface area contributed by atoms with E-state index in [-0.39, 0.29) is 11.5 Å². The number of benzene rings is 1. The number of carbonyl (C=O) groups is 1. The van der Waals surface area contributed by atoms with Crippen molar-refractivity contribution in [1.29, 1.82) is 0 Å². The lowest BCUT2D eigenvalue weighted by Crippen LogP contribution is -2.07. The number of aromatic nitrogens is 2. The number of nitrogens with one attached hydrogen (secondary N) is 1. The zero-order valence-electron chi connectivity index (χ0n) is 10.4. The molecule has 0 radical (unpaired) electrons. The number of hydrogen-bond donors (Lipinski definition) is 2. The molecule has 0 fully saturated rings. The summed E-state index contributed by atoms with van der Waals surface area (Å²) in [7, 11) is 0. The van der Waals surface area contributed by atoms with Gasteiger partial charge in [-0.3, -0.25) is 0 Å². The molecule has 0 spiro atoms. The molecule has 1 heterocycles. The third kappa shape index (κ3) is 2.34. The van der Waals surface area contributed by atoms with Gasteiger partial charge in [0.05, 0.1) is 6.61 Å². The van der Waals surface area contributed by atoms with Gasteiger partial charge in [0.1, 0.15) is 5.82 Å². The number of anilines is 1. The summed E-state index contributed by atoms with van der Waals surface area (Å²) in [6.45, 7) is 4.03. The molecule has 0 aliphatic rings. The van der Waals surface area contributed by atoms with Crippen molar-refractivity contribution in [2.75, 3.05) is 12.3 Å². The predicted molar refractivity (Wildman–Crippen MR) is 69.1 cm³/mol. The molecule has 1 aromatic heterocycles. The summed E-state index contributed by atoms with van der Waals surface area (Å²) in [6.07, 6.45) is 0.